The van der Waals surface area contributed by atoms with Crippen LogP contribution >= 0.6 is 0 Å². The maximum Gasteiger partial charge on any atom is 0.408 e. The van der Waals surface area contributed by atoms with Crippen molar-refractivity contribution < 1.29 is 14.3 Å². The van der Waals surface area contributed by atoms with Gasteiger partial charge in [-0.05, 0) is 33.1 Å². The average Bonchev–Trinajstić information content (AvgIpc) is 2.43. The quantitative estimate of drug-likeness (QED) is 0.763. The molecule has 1 aliphatic carbocycles. The molecule has 0 saturated heterocycles. The van der Waals surface area contributed by atoms with Crippen molar-refractivity contribution in [3.05, 3.63) is 0 Å². The fraction of sp³-hybridized carbons (Fsp3) is 0.812. The van der Waals surface area contributed by atoms with Crippen LogP contribution < -0.4 is 10.6 Å². The largest absolute Gasteiger partial charge is 0.444 e. The molecule has 0 radical (unpaired) electrons. The van der Waals surface area contributed by atoms with Crippen molar-refractivity contribution in [2.45, 2.75) is 70.9 Å². The molecule has 1 rings (SSSR count). The van der Waals surface area contributed by atoms with Crippen molar-refractivity contribution in [1.82, 2.24) is 10.6 Å². The molecule has 0 bridgehead atoms. The summed E-state index contributed by atoms with van der Waals surface area (Å²) in [5.74, 6) is 0.111. The molecule has 124 valence electrons. The molecule has 22 heavy (non-hydrogen) atoms. The Hall–Kier alpha value is -1.77. The number of rotatable bonds is 5. The average molecular weight is 309 g/mol. The summed E-state index contributed by atoms with van der Waals surface area (Å²) in [5.41, 5.74) is -0.609. The second-order valence-corrected chi connectivity index (χ2v) is 6.81. The van der Waals surface area contributed by atoms with E-state index in [4.69, 9.17) is 10.00 Å². The highest BCUT2D eigenvalue weighted by atomic mass is 16.6. The predicted octanol–water partition coefficient (Wildman–Crippen LogP) is 2.49. The van der Waals surface area contributed by atoms with Crippen molar-refractivity contribution in [3.63, 3.8) is 0 Å². The summed E-state index contributed by atoms with van der Waals surface area (Å²) in [7, 11) is 0. The van der Waals surface area contributed by atoms with Gasteiger partial charge in [0.1, 0.15) is 18.2 Å². The van der Waals surface area contributed by atoms with Gasteiger partial charge in [0.25, 0.3) is 0 Å². The van der Waals surface area contributed by atoms with Gasteiger partial charge in [-0.15, -0.1) is 0 Å². The van der Waals surface area contributed by atoms with Crippen LogP contribution in [0.2, 0.25) is 0 Å². The lowest BCUT2D eigenvalue weighted by molar-refractivity contribution is -0.123. The van der Waals surface area contributed by atoms with E-state index in [0.29, 0.717) is 12.3 Å². The molecule has 6 heteroatoms. The summed E-state index contributed by atoms with van der Waals surface area (Å²) in [5, 5.41) is 13.7. The lowest BCUT2D eigenvalue weighted by Crippen LogP contribution is -2.49. The third kappa shape index (κ3) is 7.30. The summed E-state index contributed by atoms with van der Waals surface area (Å²) >= 11 is 0. The van der Waals surface area contributed by atoms with Crippen LogP contribution in [0.4, 0.5) is 4.79 Å². The molecule has 1 fully saturated rings. The minimum absolute atomic E-state index is 0.0595. The highest BCUT2D eigenvalue weighted by Gasteiger charge is 2.27. The Bertz CT molecular complexity index is 417. The minimum Gasteiger partial charge on any atom is -0.444 e. The number of nitriles is 1. The molecule has 0 aliphatic heterocycles. The predicted molar refractivity (Wildman–Crippen MR) is 83.0 cm³/mol. The zero-order valence-electron chi connectivity index (χ0n) is 13.8. The first-order valence-electron chi connectivity index (χ1n) is 7.96. The number of alkyl carbamates (subject to hydrolysis) is 1. The van der Waals surface area contributed by atoms with Crippen LogP contribution in [-0.4, -0.2) is 30.2 Å². The molecule has 1 unspecified atom stereocenters. The van der Waals surface area contributed by atoms with Crippen molar-refractivity contribution >= 4 is 12.0 Å². The molecular weight excluding hydrogens is 282 g/mol. The fourth-order valence-corrected chi connectivity index (χ4v) is 2.69. The third-order valence-corrected chi connectivity index (χ3v) is 3.64. The van der Waals surface area contributed by atoms with Gasteiger partial charge in [-0.25, -0.2) is 4.79 Å². The van der Waals surface area contributed by atoms with Crippen LogP contribution in [0.15, 0.2) is 0 Å². The first-order chi connectivity index (χ1) is 10.3. The van der Waals surface area contributed by atoms with Crippen molar-refractivity contribution in [3.8, 4) is 6.07 Å². The Labute approximate surface area is 132 Å². The molecule has 1 aliphatic rings. The number of hydrogen-bond donors (Lipinski definition) is 2. The zero-order chi connectivity index (χ0) is 16.6. The maximum absolute atomic E-state index is 12.1. The number of carbonyl (C=O) groups excluding carboxylic acids is 2. The minimum atomic E-state index is -0.647. The lowest BCUT2D eigenvalue weighted by atomic mass is 9.84. The van der Waals surface area contributed by atoms with Crippen LogP contribution in [0, 0.1) is 17.2 Å². The molecule has 0 aromatic rings. The van der Waals surface area contributed by atoms with Crippen LogP contribution in [0.1, 0.15) is 59.3 Å². The van der Waals surface area contributed by atoms with E-state index in [1.807, 2.05) is 6.07 Å². The number of ether oxygens (including phenoxy) is 1. The Kier molecular flexibility index (Phi) is 7.16. The van der Waals surface area contributed by atoms with E-state index in [1.54, 1.807) is 20.8 Å². The first-order valence-corrected chi connectivity index (χ1v) is 7.96. The molecule has 1 atom stereocenters. The second kappa shape index (κ2) is 8.62. The first kappa shape index (κ1) is 18.3. The Morgan fingerprint density at radius 3 is 2.45 bits per heavy atom. The van der Waals surface area contributed by atoms with E-state index in [1.165, 1.54) is 19.3 Å². The molecule has 0 aromatic heterocycles. The standard InChI is InChI=1S/C16H27N3O3/c1-16(2,3)22-15(21)19-13(14(20)18-10-9-17)11-12-7-5-4-6-8-12/h12-13H,4-8,10-11H2,1-3H3,(H,18,20)(H,19,21). The van der Waals surface area contributed by atoms with Gasteiger partial charge >= 0.3 is 6.09 Å². The van der Waals surface area contributed by atoms with E-state index in [2.05, 4.69) is 10.6 Å². The van der Waals surface area contributed by atoms with Crippen LogP contribution in [0.5, 0.6) is 0 Å². The molecule has 2 N–H and O–H groups in total. The van der Waals surface area contributed by atoms with Crippen molar-refractivity contribution in [2.75, 3.05) is 6.54 Å². The van der Waals surface area contributed by atoms with Gasteiger partial charge in [0, 0.05) is 0 Å². The van der Waals surface area contributed by atoms with E-state index in [9.17, 15) is 9.59 Å². The molecule has 0 heterocycles. The molecule has 1 saturated carbocycles. The van der Waals surface area contributed by atoms with Gasteiger partial charge in [0.2, 0.25) is 5.91 Å². The monoisotopic (exact) mass is 309 g/mol. The van der Waals surface area contributed by atoms with Gasteiger partial charge in [-0.3, -0.25) is 4.79 Å². The van der Waals surface area contributed by atoms with Crippen LogP contribution in [-0.2, 0) is 9.53 Å². The third-order valence-electron chi connectivity index (χ3n) is 3.64. The number of carbonyl (C=O) groups is 2. The lowest BCUT2D eigenvalue weighted by Gasteiger charge is -2.27. The van der Waals surface area contributed by atoms with Gasteiger partial charge in [-0.2, -0.15) is 5.26 Å². The van der Waals surface area contributed by atoms with E-state index in [0.717, 1.165) is 12.8 Å². The summed E-state index contributed by atoms with van der Waals surface area (Å²) in [6.45, 7) is 5.27. The van der Waals surface area contributed by atoms with Gasteiger partial charge < -0.3 is 15.4 Å². The van der Waals surface area contributed by atoms with E-state index < -0.39 is 17.7 Å². The Morgan fingerprint density at radius 1 is 1.27 bits per heavy atom. The Morgan fingerprint density at radius 2 is 1.91 bits per heavy atom. The van der Waals surface area contributed by atoms with Gasteiger partial charge in [0.05, 0.1) is 6.07 Å². The number of nitrogens with one attached hydrogen (secondary N) is 2. The zero-order valence-corrected chi connectivity index (χ0v) is 13.8. The SMILES string of the molecule is CC(C)(C)OC(=O)NC(CC1CCCCC1)C(=O)NCC#N. The number of amides is 2. The molecule has 0 spiro atoms. The number of hydrogen-bond acceptors (Lipinski definition) is 4. The molecule has 6 nitrogen and oxygen atoms in total. The molecule has 2 amide bonds. The van der Waals surface area contributed by atoms with E-state index >= 15 is 0 Å². The summed E-state index contributed by atoms with van der Waals surface area (Å²) in [6, 6.07) is 1.23. The fourth-order valence-electron chi connectivity index (χ4n) is 2.69. The van der Waals surface area contributed by atoms with Gasteiger partial charge in [-0.1, -0.05) is 32.1 Å². The number of nitrogens with zero attached hydrogens (tertiary/aromatic N) is 1. The highest BCUT2D eigenvalue weighted by Crippen LogP contribution is 2.27. The summed E-state index contributed by atoms with van der Waals surface area (Å²) < 4.78 is 5.22. The topological polar surface area (TPSA) is 91.2 Å². The molecule has 0 aromatic carbocycles. The highest BCUT2D eigenvalue weighted by molar-refractivity contribution is 5.85. The maximum atomic E-state index is 12.1. The molecular formula is C16H27N3O3. The Balaban J connectivity index is 2.62. The second-order valence-electron chi connectivity index (χ2n) is 6.81. The van der Waals surface area contributed by atoms with Crippen LogP contribution in [0.25, 0.3) is 0 Å². The van der Waals surface area contributed by atoms with Crippen molar-refractivity contribution in [2.24, 2.45) is 5.92 Å². The van der Waals surface area contributed by atoms with Crippen LogP contribution in [0.3, 0.4) is 0 Å². The summed E-state index contributed by atoms with van der Waals surface area (Å²) in [6.07, 6.45) is 5.74. The smallest absolute Gasteiger partial charge is 0.408 e. The van der Waals surface area contributed by atoms with E-state index in [-0.39, 0.29) is 12.5 Å². The van der Waals surface area contributed by atoms with Crippen molar-refractivity contribution in [1.29, 1.82) is 5.26 Å². The summed E-state index contributed by atoms with van der Waals surface area (Å²) in [4.78, 5) is 24.1. The normalized spacial score (nSPS) is 17.2. The van der Waals surface area contributed by atoms with Gasteiger partial charge in [0.15, 0.2) is 0 Å².